The molecular formula is C24H34N4O. The van der Waals surface area contributed by atoms with E-state index >= 15 is 0 Å². The van der Waals surface area contributed by atoms with E-state index in [4.69, 9.17) is 0 Å². The summed E-state index contributed by atoms with van der Waals surface area (Å²) in [7, 11) is 4.13. The van der Waals surface area contributed by atoms with Gasteiger partial charge in [-0.25, -0.2) is 4.79 Å². The zero-order valence-electron chi connectivity index (χ0n) is 17.7. The van der Waals surface area contributed by atoms with E-state index in [9.17, 15) is 4.79 Å². The van der Waals surface area contributed by atoms with Crippen LogP contribution in [0.3, 0.4) is 0 Å². The summed E-state index contributed by atoms with van der Waals surface area (Å²) in [6.45, 7) is 3.70. The average Bonchev–Trinajstić information content (AvgIpc) is 3.25. The topological polar surface area (TPSA) is 47.6 Å². The number of rotatable bonds is 9. The van der Waals surface area contributed by atoms with Crippen LogP contribution in [0, 0.1) is 0 Å². The van der Waals surface area contributed by atoms with Gasteiger partial charge in [0.15, 0.2) is 0 Å². The number of benzene rings is 2. The molecule has 0 saturated carbocycles. The lowest BCUT2D eigenvalue weighted by Gasteiger charge is -2.27. The maximum Gasteiger partial charge on any atom is 0.315 e. The van der Waals surface area contributed by atoms with Crippen LogP contribution in [0.15, 0.2) is 60.7 Å². The van der Waals surface area contributed by atoms with Crippen LogP contribution in [0.5, 0.6) is 0 Å². The van der Waals surface area contributed by atoms with Gasteiger partial charge in [-0.05, 0) is 57.6 Å². The maximum atomic E-state index is 12.7. The molecule has 0 radical (unpaired) electrons. The van der Waals surface area contributed by atoms with Gasteiger partial charge < -0.3 is 20.4 Å². The number of likely N-dealkylation sites (N-methyl/N-ethyl adjacent to an activating group) is 1. The number of carbonyl (C=O) groups excluding carboxylic acids is 1. The normalized spacial score (nSPS) is 16.5. The van der Waals surface area contributed by atoms with Crippen molar-refractivity contribution >= 4 is 6.03 Å². The molecule has 156 valence electrons. The Kier molecular flexibility index (Phi) is 8.08. The number of likely N-dealkylation sites (tertiary alicyclic amines) is 1. The lowest BCUT2D eigenvalue weighted by molar-refractivity contribution is 0.222. The Morgan fingerprint density at radius 1 is 1.00 bits per heavy atom. The Bertz CT molecular complexity index is 729. The molecule has 5 heteroatoms. The Morgan fingerprint density at radius 2 is 1.62 bits per heavy atom. The molecule has 2 amide bonds. The number of carbonyl (C=O) groups is 1. The average molecular weight is 395 g/mol. The molecule has 0 spiro atoms. The maximum absolute atomic E-state index is 12.7. The molecule has 2 unspecified atom stereocenters. The molecule has 1 aliphatic heterocycles. The minimum atomic E-state index is -0.0991. The van der Waals surface area contributed by atoms with Gasteiger partial charge in [0.1, 0.15) is 0 Å². The minimum absolute atomic E-state index is 0.00114. The summed E-state index contributed by atoms with van der Waals surface area (Å²) in [6, 6.07) is 20.9. The predicted octanol–water partition coefficient (Wildman–Crippen LogP) is 3.30. The smallest absolute Gasteiger partial charge is 0.315 e. The van der Waals surface area contributed by atoms with Crippen LogP contribution >= 0.6 is 0 Å². The molecule has 29 heavy (non-hydrogen) atoms. The first-order chi connectivity index (χ1) is 14.1. The van der Waals surface area contributed by atoms with Crippen molar-refractivity contribution in [2.24, 2.45) is 0 Å². The van der Waals surface area contributed by atoms with Crippen molar-refractivity contribution in [2.75, 3.05) is 40.3 Å². The van der Waals surface area contributed by atoms with Crippen LogP contribution in [0.1, 0.15) is 30.0 Å². The summed E-state index contributed by atoms with van der Waals surface area (Å²) >= 11 is 0. The van der Waals surface area contributed by atoms with Crippen molar-refractivity contribution in [3.05, 3.63) is 71.8 Å². The summed E-state index contributed by atoms with van der Waals surface area (Å²) < 4.78 is 0. The van der Waals surface area contributed by atoms with Crippen molar-refractivity contribution < 1.29 is 4.79 Å². The van der Waals surface area contributed by atoms with Crippen LogP contribution in [-0.2, 0) is 6.42 Å². The highest BCUT2D eigenvalue weighted by Gasteiger charge is 2.21. The molecule has 1 aliphatic rings. The molecule has 0 aromatic heterocycles. The van der Waals surface area contributed by atoms with Crippen LogP contribution in [0.25, 0.3) is 0 Å². The van der Waals surface area contributed by atoms with Crippen molar-refractivity contribution in [1.29, 1.82) is 0 Å². The molecule has 1 fully saturated rings. The minimum Gasteiger partial charge on any atom is -0.337 e. The summed E-state index contributed by atoms with van der Waals surface area (Å²) in [5, 5.41) is 6.31. The monoisotopic (exact) mass is 394 g/mol. The Hall–Kier alpha value is -2.37. The molecule has 5 nitrogen and oxygen atoms in total. The largest absolute Gasteiger partial charge is 0.337 e. The molecule has 2 N–H and O–H groups in total. The van der Waals surface area contributed by atoms with Crippen LogP contribution in [-0.4, -0.2) is 62.1 Å². The lowest BCUT2D eigenvalue weighted by Crippen LogP contribution is -2.47. The van der Waals surface area contributed by atoms with Gasteiger partial charge in [-0.15, -0.1) is 0 Å². The summed E-state index contributed by atoms with van der Waals surface area (Å²) in [5.41, 5.74) is 2.44. The van der Waals surface area contributed by atoms with E-state index in [1.165, 1.54) is 18.4 Å². The fraction of sp³-hybridized carbons (Fsp3) is 0.458. The van der Waals surface area contributed by atoms with Crippen molar-refractivity contribution in [3.63, 3.8) is 0 Å². The summed E-state index contributed by atoms with van der Waals surface area (Å²) in [5.74, 6) is 0. The first-order valence-electron chi connectivity index (χ1n) is 10.6. The van der Waals surface area contributed by atoms with E-state index in [0.717, 1.165) is 31.6 Å². The summed E-state index contributed by atoms with van der Waals surface area (Å²) in [4.78, 5) is 17.3. The highest BCUT2D eigenvalue weighted by atomic mass is 16.2. The van der Waals surface area contributed by atoms with Gasteiger partial charge in [0.05, 0.1) is 6.04 Å². The molecule has 2 atom stereocenters. The SMILES string of the molecule is CN(C)C(CNC(=O)NC(CN1CCCC1)c1ccccc1)Cc1ccccc1. The van der Waals surface area contributed by atoms with E-state index < -0.39 is 0 Å². The van der Waals surface area contributed by atoms with Crippen molar-refractivity contribution in [3.8, 4) is 0 Å². The molecule has 2 aromatic carbocycles. The highest BCUT2D eigenvalue weighted by Crippen LogP contribution is 2.17. The zero-order chi connectivity index (χ0) is 20.5. The first-order valence-corrected chi connectivity index (χ1v) is 10.6. The van der Waals surface area contributed by atoms with Crippen molar-refractivity contribution in [1.82, 2.24) is 20.4 Å². The second-order valence-electron chi connectivity index (χ2n) is 8.13. The predicted molar refractivity (Wildman–Crippen MR) is 119 cm³/mol. The fourth-order valence-corrected chi connectivity index (χ4v) is 3.89. The van der Waals surface area contributed by atoms with E-state index in [0.29, 0.717) is 6.54 Å². The molecular weight excluding hydrogens is 360 g/mol. The molecule has 1 heterocycles. The quantitative estimate of drug-likeness (QED) is 0.686. The van der Waals surface area contributed by atoms with E-state index in [1.807, 2.05) is 24.3 Å². The standard InChI is InChI=1S/C24H34N4O/c1-27(2)22(17-20-11-5-3-6-12-20)18-25-24(29)26-23(19-28-15-9-10-16-28)21-13-7-4-8-14-21/h3-8,11-14,22-23H,9-10,15-19H2,1-2H3,(H2,25,26,29). The molecule has 3 rings (SSSR count). The van der Waals surface area contributed by atoms with E-state index in [1.54, 1.807) is 0 Å². The Labute approximate surface area is 175 Å². The third-order valence-electron chi connectivity index (χ3n) is 5.69. The second kappa shape index (κ2) is 11.0. The van der Waals surface area contributed by atoms with Crippen molar-refractivity contribution in [2.45, 2.75) is 31.3 Å². The van der Waals surface area contributed by atoms with E-state index in [-0.39, 0.29) is 18.1 Å². The number of hydrogen-bond acceptors (Lipinski definition) is 3. The van der Waals surface area contributed by atoms with Crippen LogP contribution in [0.4, 0.5) is 4.79 Å². The third kappa shape index (κ3) is 6.87. The first kappa shape index (κ1) is 21.3. The molecule has 0 bridgehead atoms. The van der Waals surface area contributed by atoms with Gasteiger partial charge in [0, 0.05) is 19.1 Å². The molecule has 1 saturated heterocycles. The third-order valence-corrected chi connectivity index (χ3v) is 5.69. The van der Waals surface area contributed by atoms with Crippen LogP contribution < -0.4 is 10.6 Å². The Morgan fingerprint density at radius 3 is 2.24 bits per heavy atom. The number of hydrogen-bond donors (Lipinski definition) is 2. The second-order valence-corrected chi connectivity index (χ2v) is 8.13. The van der Waals surface area contributed by atoms with Gasteiger partial charge in [0.2, 0.25) is 0 Å². The van der Waals surface area contributed by atoms with Gasteiger partial charge in [-0.3, -0.25) is 0 Å². The fourth-order valence-electron chi connectivity index (χ4n) is 3.89. The lowest BCUT2D eigenvalue weighted by atomic mass is 10.1. The highest BCUT2D eigenvalue weighted by molar-refractivity contribution is 5.74. The number of urea groups is 1. The number of nitrogens with one attached hydrogen (secondary N) is 2. The van der Waals surface area contributed by atoms with Crippen LogP contribution in [0.2, 0.25) is 0 Å². The molecule has 2 aromatic rings. The number of amides is 2. The zero-order valence-corrected chi connectivity index (χ0v) is 17.7. The van der Waals surface area contributed by atoms with E-state index in [2.05, 4.69) is 70.9 Å². The molecule has 0 aliphatic carbocycles. The van der Waals surface area contributed by atoms with Gasteiger partial charge in [0.25, 0.3) is 0 Å². The van der Waals surface area contributed by atoms with Gasteiger partial charge in [-0.1, -0.05) is 60.7 Å². The summed E-state index contributed by atoms with van der Waals surface area (Å²) in [6.07, 6.45) is 3.40. The van der Waals surface area contributed by atoms with Gasteiger partial charge >= 0.3 is 6.03 Å². The Balaban J connectivity index is 1.56. The number of nitrogens with zero attached hydrogens (tertiary/aromatic N) is 2. The van der Waals surface area contributed by atoms with Gasteiger partial charge in [-0.2, -0.15) is 0 Å².